The Kier molecular flexibility index (Phi) is 4.82. The Morgan fingerprint density at radius 3 is 2.90 bits per heavy atom. The van der Waals surface area contributed by atoms with Gasteiger partial charge in [-0.1, -0.05) is 13.0 Å². The Labute approximate surface area is 122 Å². The largest absolute Gasteiger partial charge is 0.310 e. The minimum absolute atomic E-state index is 0.135. The summed E-state index contributed by atoms with van der Waals surface area (Å²) in [6.45, 7) is 11.8. The van der Waals surface area contributed by atoms with Crippen LogP contribution >= 0.6 is 0 Å². The van der Waals surface area contributed by atoms with Gasteiger partial charge in [0.15, 0.2) is 0 Å². The first-order valence-electron chi connectivity index (χ1n) is 7.67. The van der Waals surface area contributed by atoms with Crippen molar-refractivity contribution in [1.29, 1.82) is 0 Å². The average molecular weight is 278 g/mol. The van der Waals surface area contributed by atoms with Crippen molar-refractivity contribution >= 4 is 0 Å². The van der Waals surface area contributed by atoms with Gasteiger partial charge in [-0.25, -0.2) is 4.39 Å². The first-order valence-corrected chi connectivity index (χ1v) is 7.67. The highest BCUT2D eigenvalue weighted by Gasteiger charge is 2.30. The highest BCUT2D eigenvalue weighted by atomic mass is 19.1. The van der Waals surface area contributed by atoms with Gasteiger partial charge in [-0.05, 0) is 63.4 Å². The van der Waals surface area contributed by atoms with Crippen molar-refractivity contribution in [2.75, 3.05) is 13.1 Å². The third-order valence-electron chi connectivity index (χ3n) is 4.75. The van der Waals surface area contributed by atoms with E-state index in [-0.39, 0.29) is 11.4 Å². The molecule has 1 N–H and O–H groups in total. The van der Waals surface area contributed by atoms with Gasteiger partial charge in [-0.2, -0.15) is 0 Å². The number of nitrogens with zero attached hydrogens (tertiary/aromatic N) is 1. The molecule has 0 aromatic heterocycles. The Bertz CT molecular complexity index is 460. The molecule has 1 fully saturated rings. The summed E-state index contributed by atoms with van der Waals surface area (Å²) in [6.07, 6.45) is 2.25. The number of rotatable bonds is 3. The van der Waals surface area contributed by atoms with Crippen molar-refractivity contribution in [3.63, 3.8) is 0 Å². The molecule has 0 bridgehead atoms. The van der Waals surface area contributed by atoms with Gasteiger partial charge in [0.1, 0.15) is 5.82 Å². The molecule has 2 atom stereocenters. The molecule has 1 aliphatic heterocycles. The molecule has 0 saturated carbocycles. The SMILES string of the molecule is CCC1(C)CN(Cc2cc(F)ccc2C)C(C)CCN1. The minimum Gasteiger partial charge on any atom is -0.310 e. The number of nitrogens with one attached hydrogen (secondary N) is 1. The number of benzene rings is 1. The standard InChI is InChI=1S/C17H27FN2/c1-5-17(4)12-20(14(3)8-9-19-17)11-15-10-16(18)7-6-13(15)2/h6-7,10,14,19H,5,8-9,11-12H2,1-4H3. The fourth-order valence-electron chi connectivity index (χ4n) is 2.90. The van der Waals surface area contributed by atoms with Crippen LogP contribution in [0.4, 0.5) is 4.39 Å². The van der Waals surface area contributed by atoms with Crippen LogP contribution in [0.3, 0.4) is 0 Å². The molecule has 112 valence electrons. The molecule has 1 aliphatic rings. The Hall–Kier alpha value is -0.930. The van der Waals surface area contributed by atoms with Crippen molar-refractivity contribution in [3.05, 3.63) is 35.1 Å². The number of hydrogen-bond donors (Lipinski definition) is 1. The number of hydrogen-bond acceptors (Lipinski definition) is 2. The lowest BCUT2D eigenvalue weighted by molar-refractivity contribution is 0.163. The Balaban J connectivity index is 2.18. The van der Waals surface area contributed by atoms with Gasteiger partial charge in [0.05, 0.1) is 0 Å². The molecule has 2 nitrogen and oxygen atoms in total. The van der Waals surface area contributed by atoms with Gasteiger partial charge in [0.2, 0.25) is 0 Å². The summed E-state index contributed by atoms with van der Waals surface area (Å²) < 4.78 is 13.5. The van der Waals surface area contributed by atoms with Crippen LogP contribution in [-0.2, 0) is 6.54 Å². The van der Waals surface area contributed by atoms with Crippen LogP contribution in [0, 0.1) is 12.7 Å². The summed E-state index contributed by atoms with van der Waals surface area (Å²) in [7, 11) is 0. The van der Waals surface area contributed by atoms with E-state index in [1.54, 1.807) is 12.1 Å². The van der Waals surface area contributed by atoms with E-state index in [0.717, 1.165) is 38.0 Å². The van der Waals surface area contributed by atoms with Crippen LogP contribution in [0.25, 0.3) is 0 Å². The maximum Gasteiger partial charge on any atom is 0.123 e. The first kappa shape index (κ1) is 15.5. The predicted octanol–water partition coefficient (Wildman–Crippen LogP) is 3.49. The van der Waals surface area contributed by atoms with Crippen molar-refractivity contribution in [2.24, 2.45) is 0 Å². The molecular formula is C17H27FN2. The first-order chi connectivity index (χ1) is 9.43. The fourth-order valence-corrected chi connectivity index (χ4v) is 2.90. The normalized spacial score (nSPS) is 28.4. The molecule has 20 heavy (non-hydrogen) atoms. The van der Waals surface area contributed by atoms with Crippen molar-refractivity contribution in [3.8, 4) is 0 Å². The highest BCUT2D eigenvalue weighted by molar-refractivity contribution is 5.26. The van der Waals surface area contributed by atoms with Crippen molar-refractivity contribution in [1.82, 2.24) is 10.2 Å². The second kappa shape index (κ2) is 6.23. The van der Waals surface area contributed by atoms with Crippen molar-refractivity contribution in [2.45, 2.75) is 58.7 Å². The second-order valence-corrected chi connectivity index (χ2v) is 6.45. The smallest absolute Gasteiger partial charge is 0.123 e. The zero-order valence-corrected chi connectivity index (χ0v) is 13.2. The quantitative estimate of drug-likeness (QED) is 0.910. The lowest BCUT2D eigenvalue weighted by Crippen LogP contribution is -2.49. The summed E-state index contributed by atoms with van der Waals surface area (Å²) in [5.74, 6) is -0.135. The van der Waals surface area contributed by atoms with Crippen LogP contribution in [0.5, 0.6) is 0 Å². The zero-order valence-electron chi connectivity index (χ0n) is 13.2. The van der Waals surface area contributed by atoms with Crippen LogP contribution in [0.15, 0.2) is 18.2 Å². The van der Waals surface area contributed by atoms with Crippen LogP contribution in [-0.4, -0.2) is 29.6 Å². The minimum atomic E-state index is -0.135. The molecule has 0 radical (unpaired) electrons. The number of aryl methyl sites for hydroxylation is 1. The van der Waals surface area contributed by atoms with E-state index in [1.807, 2.05) is 6.07 Å². The molecule has 1 aromatic rings. The topological polar surface area (TPSA) is 15.3 Å². The second-order valence-electron chi connectivity index (χ2n) is 6.45. The van der Waals surface area contributed by atoms with E-state index in [0.29, 0.717) is 6.04 Å². The number of halogens is 1. The van der Waals surface area contributed by atoms with Crippen LogP contribution < -0.4 is 5.32 Å². The maximum absolute atomic E-state index is 13.5. The summed E-state index contributed by atoms with van der Waals surface area (Å²) in [6, 6.07) is 5.63. The molecule has 3 heteroatoms. The van der Waals surface area contributed by atoms with Crippen LogP contribution in [0.1, 0.15) is 44.7 Å². The van der Waals surface area contributed by atoms with Gasteiger partial charge in [0, 0.05) is 24.7 Å². The summed E-state index contributed by atoms with van der Waals surface area (Å²) in [4.78, 5) is 2.49. The van der Waals surface area contributed by atoms with Gasteiger partial charge < -0.3 is 5.32 Å². The summed E-state index contributed by atoms with van der Waals surface area (Å²) in [5, 5.41) is 3.66. The van der Waals surface area contributed by atoms with Gasteiger partial charge in [-0.3, -0.25) is 4.90 Å². The zero-order chi connectivity index (χ0) is 14.8. The summed E-state index contributed by atoms with van der Waals surface area (Å²) >= 11 is 0. The van der Waals surface area contributed by atoms with Gasteiger partial charge in [0.25, 0.3) is 0 Å². The summed E-state index contributed by atoms with van der Waals surface area (Å²) in [5.41, 5.74) is 2.44. The van der Waals surface area contributed by atoms with E-state index in [2.05, 4.69) is 37.9 Å². The van der Waals surface area contributed by atoms with Gasteiger partial charge >= 0.3 is 0 Å². The fraction of sp³-hybridized carbons (Fsp3) is 0.647. The average Bonchev–Trinajstić information content (AvgIpc) is 2.55. The molecule has 0 aliphatic carbocycles. The van der Waals surface area contributed by atoms with E-state index >= 15 is 0 Å². The lowest BCUT2D eigenvalue weighted by Gasteiger charge is -2.35. The Morgan fingerprint density at radius 2 is 2.20 bits per heavy atom. The van der Waals surface area contributed by atoms with Crippen LogP contribution in [0.2, 0.25) is 0 Å². The van der Waals surface area contributed by atoms with Crippen molar-refractivity contribution < 1.29 is 4.39 Å². The molecule has 0 spiro atoms. The molecule has 1 heterocycles. The molecular weight excluding hydrogens is 251 g/mol. The molecule has 0 amide bonds. The maximum atomic E-state index is 13.5. The highest BCUT2D eigenvalue weighted by Crippen LogP contribution is 2.22. The molecule has 1 aromatic carbocycles. The monoisotopic (exact) mass is 278 g/mol. The van der Waals surface area contributed by atoms with E-state index in [1.165, 1.54) is 5.56 Å². The third-order valence-corrected chi connectivity index (χ3v) is 4.75. The lowest BCUT2D eigenvalue weighted by atomic mass is 9.97. The third kappa shape index (κ3) is 3.58. The van der Waals surface area contributed by atoms with Gasteiger partial charge in [-0.15, -0.1) is 0 Å². The predicted molar refractivity (Wildman–Crippen MR) is 82.3 cm³/mol. The van der Waals surface area contributed by atoms with E-state index < -0.39 is 0 Å². The molecule has 2 unspecified atom stereocenters. The Morgan fingerprint density at radius 1 is 1.45 bits per heavy atom. The molecule has 2 rings (SSSR count). The van der Waals surface area contributed by atoms with E-state index in [9.17, 15) is 4.39 Å². The molecule has 1 saturated heterocycles. The van der Waals surface area contributed by atoms with E-state index in [4.69, 9.17) is 0 Å².